The lowest BCUT2D eigenvalue weighted by Crippen LogP contribution is -2.27. The molecule has 0 heterocycles. The molecule has 1 amide bonds. The Hall–Kier alpha value is -1.55. The molecule has 0 fully saturated rings. The van der Waals surface area contributed by atoms with E-state index in [1.807, 2.05) is 43.3 Å². The van der Waals surface area contributed by atoms with Crippen molar-refractivity contribution in [2.24, 2.45) is 0 Å². The average molecular weight is 236 g/mol. The summed E-state index contributed by atoms with van der Waals surface area (Å²) >= 11 is 0. The van der Waals surface area contributed by atoms with Crippen LogP contribution in [0.5, 0.6) is 5.75 Å². The summed E-state index contributed by atoms with van der Waals surface area (Å²) in [5.41, 5.74) is 0.769. The molecule has 1 aromatic carbocycles. The second-order valence-electron chi connectivity index (χ2n) is 4.16. The van der Waals surface area contributed by atoms with Crippen molar-refractivity contribution in [3.8, 4) is 5.75 Å². The molecule has 17 heavy (non-hydrogen) atoms. The Morgan fingerprint density at radius 1 is 1.41 bits per heavy atom. The molecule has 0 aromatic heterocycles. The lowest BCUT2D eigenvalue weighted by atomic mass is 10.3. The van der Waals surface area contributed by atoms with Gasteiger partial charge in [-0.2, -0.15) is 0 Å². The molecule has 4 heteroatoms. The number of rotatable bonds is 6. The zero-order chi connectivity index (χ0) is 12.7. The molecular weight excluding hydrogens is 216 g/mol. The van der Waals surface area contributed by atoms with Crippen LogP contribution in [-0.4, -0.2) is 38.1 Å². The summed E-state index contributed by atoms with van der Waals surface area (Å²) in [4.78, 5) is 13.4. The van der Waals surface area contributed by atoms with Crippen LogP contribution >= 0.6 is 0 Å². The van der Waals surface area contributed by atoms with Gasteiger partial charge in [0.2, 0.25) is 5.91 Å². The van der Waals surface area contributed by atoms with E-state index in [4.69, 9.17) is 4.74 Å². The van der Waals surface area contributed by atoms with Gasteiger partial charge < -0.3 is 15.0 Å². The molecule has 0 saturated heterocycles. The number of carbonyl (C=O) groups is 1. The molecule has 0 atom stereocenters. The first-order valence-electron chi connectivity index (χ1n) is 5.79. The van der Waals surface area contributed by atoms with E-state index >= 15 is 0 Å². The zero-order valence-corrected chi connectivity index (χ0v) is 10.7. The van der Waals surface area contributed by atoms with Gasteiger partial charge in [-0.05, 0) is 32.6 Å². The Kier molecular flexibility index (Phi) is 5.49. The first-order chi connectivity index (χ1) is 8.11. The van der Waals surface area contributed by atoms with Crippen molar-refractivity contribution < 1.29 is 9.53 Å². The summed E-state index contributed by atoms with van der Waals surface area (Å²) in [6.07, 6.45) is 0.969. The molecule has 0 saturated carbocycles. The molecule has 0 aliphatic rings. The van der Waals surface area contributed by atoms with Crippen LogP contribution in [0.15, 0.2) is 24.3 Å². The molecule has 1 rings (SSSR count). The van der Waals surface area contributed by atoms with E-state index in [2.05, 4.69) is 12.2 Å². The maximum absolute atomic E-state index is 11.6. The van der Waals surface area contributed by atoms with Crippen LogP contribution in [0.4, 0.5) is 5.69 Å². The minimum Gasteiger partial charge on any atom is -0.494 e. The van der Waals surface area contributed by atoms with Crippen molar-refractivity contribution in [3.05, 3.63) is 24.3 Å². The largest absolute Gasteiger partial charge is 0.494 e. The Labute approximate surface area is 103 Å². The highest BCUT2D eigenvalue weighted by Crippen LogP contribution is 2.17. The summed E-state index contributed by atoms with van der Waals surface area (Å²) in [6, 6.07) is 7.45. The fourth-order valence-corrected chi connectivity index (χ4v) is 1.37. The predicted octanol–water partition coefficient (Wildman–Crippen LogP) is 1.98. The van der Waals surface area contributed by atoms with Crippen LogP contribution < -0.4 is 10.1 Å². The van der Waals surface area contributed by atoms with E-state index in [9.17, 15) is 4.79 Å². The zero-order valence-electron chi connectivity index (χ0n) is 10.7. The Morgan fingerprint density at radius 2 is 2.18 bits per heavy atom. The minimum absolute atomic E-state index is 0.0253. The third-order valence-corrected chi connectivity index (χ3v) is 2.05. The number of amides is 1. The Morgan fingerprint density at radius 3 is 2.82 bits per heavy atom. The molecule has 0 bridgehead atoms. The lowest BCUT2D eigenvalue weighted by molar-refractivity contribution is -0.116. The van der Waals surface area contributed by atoms with E-state index in [1.54, 1.807) is 0 Å². The number of hydrogen-bond donors (Lipinski definition) is 1. The van der Waals surface area contributed by atoms with E-state index < -0.39 is 0 Å². The molecule has 0 aliphatic carbocycles. The molecule has 1 N–H and O–H groups in total. The van der Waals surface area contributed by atoms with Gasteiger partial charge in [0, 0.05) is 11.8 Å². The fraction of sp³-hybridized carbons (Fsp3) is 0.462. The highest BCUT2D eigenvalue weighted by atomic mass is 16.5. The van der Waals surface area contributed by atoms with E-state index in [0.29, 0.717) is 13.2 Å². The monoisotopic (exact) mass is 236 g/mol. The van der Waals surface area contributed by atoms with Gasteiger partial charge >= 0.3 is 0 Å². The van der Waals surface area contributed by atoms with Crippen molar-refractivity contribution >= 4 is 11.6 Å². The molecule has 0 radical (unpaired) electrons. The quantitative estimate of drug-likeness (QED) is 0.821. The first kappa shape index (κ1) is 13.5. The SMILES string of the molecule is CCCOc1cccc(NC(=O)CN(C)C)c1. The van der Waals surface area contributed by atoms with Crippen molar-refractivity contribution in [2.45, 2.75) is 13.3 Å². The highest BCUT2D eigenvalue weighted by Gasteiger charge is 2.04. The second-order valence-corrected chi connectivity index (χ2v) is 4.16. The lowest BCUT2D eigenvalue weighted by Gasteiger charge is -2.11. The van der Waals surface area contributed by atoms with Crippen molar-refractivity contribution in [2.75, 3.05) is 32.6 Å². The van der Waals surface area contributed by atoms with Gasteiger partial charge in [0.15, 0.2) is 0 Å². The second kappa shape index (κ2) is 6.91. The van der Waals surface area contributed by atoms with Gasteiger partial charge in [0.05, 0.1) is 13.2 Å². The maximum atomic E-state index is 11.6. The van der Waals surface area contributed by atoms with E-state index in [0.717, 1.165) is 17.9 Å². The average Bonchev–Trinajstić information content (AvgIpc) is 2.25. The number of likely N-dealkylation sites (N-methyl/N-ethyl adjacent to an activating group) is 1. The summed E-state index contributed by atoms with van der Waals surface area (Å²) < 4.78 is 5.50. The maximum Gasteiger partial charge on any atom is 0.238 e. The van der Waals surface area contributed by atoms with Crippen molar-refractivity contribution in [3.63, 3.8) is 0 Å². The molecule has 1 aromatic rings. The van der Waals surface area contributed by atoms with Crippen LogP contribution in [0.25, 0.3) is 0 Å². The van der Waals surface area contributed by atoms with Crippen molar-refractivity contribution in [1.29, 1.82) is 0 Å². The number of nitrogens with zero attached hydrogens (tertiary/aromatic N) is 1. The fourth-order valence-electron chi connectivity index (χ4n) is 1.37. The number of hydrogen-bond acceptors (Lipinski definition) is 3. The topological polar surface area (TPSA) is 41.6 Å². The number of anilines is 1. The van der Waals surface area contributed by atoms with Crippen LogP contribution in [0.1, 0.15) is 13.3 Å². The van der Waals surface area contributed by atoms with Crippen LogP contribution in [-0.2, 0) is 4.79 Å². The third kappa shape index (κ3) is 5.36. The Balaban J connectivity index is 2.56. The van der Waals surface area contributed by atoms with Crippen LogP contribution in [0, 0.1) is 0 Å². The Bertz CT molecular complexity index is 364. The summed E-state index contributed by atoms with van der Waals surface area (Å²) in [5, 5.41) is 2.83. The molecule has 0 spiro atoms. The number of carbonyl (C=O) groups excluding carboxylic acids is 1. The van der Waals surface area contributed by atoms with E-state index in [-0.39, 0.29) is 5.91 Å². The first-order valence-corrected chi connectivity index (χ1v) is 5.79. The van der Waals surface area contributed by atoms with Crippen LogP contribution in [0.3, 0.4) is 0 Å². The summed E-state index contributed by atoms with van der Waals surface area (Å²) in [5.74, 6) is 0.761. The highest BCUT2D eigenvalue weighted by molar-refractivity contribution is 5.92. The molecule has 4 nitrogen and oxygen atoms in total. The number of ether oxygens (including phenoxy) is 1. The summed E-state index contributed by atoms with van der Waals surface area (Å²) in [6.45, 7) is 3.12. The van der Waals surface area contributed by atoms with Gasteiger partial charge in [-0.1, -0.05) is 13.0 Å². The smallest absolute Gasteiger partial charge is 0.238 e. The van der Waals surface area contributed by atoms with Crippen LogP contribution in [0.2, 0.25) is 0 Å². The number of benzene rings is 1. The molecule has 0 unspecified atom stereocenters. The van der Waals surface area contributed by atoms with Gasteiger partial charge in [-0.3, -0.25) is 4.79 Å². The van der Waals surface area contributed by atoms with E-state index in [1.165, 1.54) is 0 Å². The minimum atomic E-state index is -0.0253. The summed E-state index contributed by atoms with van der Waals surface area (Å²) in [7, 11) is 3.72. The van der Waals surface area contributed by atoms with Crippen molar-refractivity contribution in [1.82, 2.24) is 4.90 Å². The van der Waals surface area contributed by atoms with Gasteiger partial charge in [0.25, 0.3) is 0 Å². The predicted molar refractivity (Wildman–Crippen MR) is 69.4 cm³/mol. The molecular formula is C13H20N2O2. The van der Waals surface area contributed by atoms with Gasteiger partial charge in [-0.15, -0.1) is 0 Å². The normalized spacial score (nSPS) is 10.4. The van der Waals surface area contributed by atoms with Gasteiger partial charge in [0.1, 0.15) is 5.75 Å². The molecule has 94 valence electrons. The standard InChI is InChI=1S/C13H20N2O2/c1-4-8-17-12-7-5-6-11(9-12)14-13(16)10-15(2)3/h5-7,9H,4,8,10H2,1-3H3,(H,14,16). The van der Waals surface area contributed by atoms with Gasteiger partial charge in [-0.25, -0.2) is 0 Å². The molecule has 0 aliphatic heterocycles. The third-order valence-electron chi connectivity index (χ3n) is 2.05. The number of nitrogens with one attached hydrogen (secondary N) is 1.